The van der Waals surface area contributed by atoms with Gasteiger partial charge in [-0.1, -0.05) is 26.7 Å². The molecule has 0 aromatic carbocycles. The molecule has 0 aliphatic rings. The number of unbranched alkanes of at least 4 members (excludes halogenated alkanes) is 1. The van der Waals surface area contributed by atoms with Crippen molar-refractivity contribution >= 4 is 11.9 Å². The number of hydrogen-bond acceptors (Lipinski definition) is 3. The van der Waals surface area contributed by atoms with Crippen molar-refractivity contribution in [2.45, 2.75) is 33.1 Å². The molecule has 0 unspecified atom stereocenters. The zero-order valence-corrected chi connectivity index (χ0v) is 10.7. The summed E-state index contributed by atoms with van der Waals surface area (Å²) >= 11 is 0. The maximum Gasteiger partial charge on any atom is 0.338 e. The quantitative estimate of drug-likeness (QED) is 0.732. The number of nitrogens with one attached hydrogen (secondary N) is 1. The van der Waals surface area contributed by atoms with E-state index >= 15 is 0 Å². The van der Waals surface area contributed by atoms with Crippen molar-refractivity contribution in [2.75, 3.05) is 6.54 Å². The minimum Gasteiger partial charge on any atom is -0.478 e. The van der Waals surface area contributed by atoms with Gasteiger partial charge in [-0.15, -0.1) is 0 Å². The molecule has 5 nitrogen and oxygen atoms in total. The van der Waals surface area contributed by atoms with Crippen LogP contribution in [0, 0.1) is 5.92 Å². The third kappa shape index (κ3) is 4.61. The lowest BCUT2D eigenvalue weighted by Crippen LogP contribution is -2.24. The Morgan fingerprint density at radius 1 is 1.39 bits per heavy atom. The van der Waals surface area contributed by atoms with Gasteiger partial charge >= 0.3 is 5.97 Å². The van der Waals surface area contributed by atoms with Crippen molar-refractivity contribution in [3.05, 3.63) is 23.7 Å². The van der Waals surface area contributed by atoms with Crippen LogP contribution in [-0.4, -0.2) is 23.5 Å². The molecule has 0 aliphatic heterocycles. The van der Waals surface area contributed by atoms with Crippen LogP contribution in [0.2, 0.25) is 0 Å². The van der Waals surface area contributed by atoms with Crippen LogP contribution in [0.15, 0.2) is 16.7 Å². The second kappa shape index (κ2) is 6.83. The van der Waals surface area contributed by atoms with Gasteiger partial charge in [0.15, 0.2) is 5.76 Å². The van der Waals surface area contributed by atoms with Gasteiger partial charge in [0.1, 0.15) is 6.26 Å². The highest BCUT2D eigenvalue weighted by Gasteiger charge is 2.13. The van der Waals surface area contributed by atoms with Crippen LogP contribution in [0.5, 0.6) is 0 Å². The summed E-state index contributed by atoms with van der Waals surface area (Å²) < 4.78 is 4.89. The Morgan fingerprint density at radius 2 is 2.11 bits per heavy atom. The first-order valence-corrected chi connectivity index (χ1v) is 6.10. The van der Waals surface area contributed by atoms with E-state index in [9.17, 15) is 9.59 Å². The highest BCUT2D eigenvalue weighted by molar-refractivity contribution is 5.95. The molecule has 2 N–H and O–H groups in total. The summed E-state index contributed by atoms with van der Waals surface area (Å²) in [4.78, 5) is 22.2. The monoisotopic (exact) mass is 253 g/mol. The molecule has 5 heteroatoms. The van der Waals surface area contributed by atoms with Gasteiger partial charge in [0.05, 0.1) is 5.56 Å². The number of carboxylic acid groups (broad SMARTS) is 1. The van der Waals surface area contributed by atoms with Crippen molar-refractivity contribution in [1.82, 2.24) is 5.32 Å². The van der Waals surface area contributed by atoms with E-state index in [2.05, 4.69) is 19.2 Å². The first-order valence-electron chi connectivity index (χ1n) is 6.10. The SMILES string of the molecule is CC(C)CCCCNC(=O)c1cc(C(=O)O)co1. The highest BCUT2D eigenvalue weighted by atomic mass is 16.4. The van der Waals surface area contributed by atoms with E-state index in [1.807, 2.05) is 0 Å². The Kier molecular flexibility index (Phi) is 5.42. The van der Waals surface area contributed by atoms with Crippen molar-refractivity contribution < 1.29 is 19.1 Å². The van der Waals surface area contributed by atoms with Gasteiger partial charge < -0.3 is 14.8 Å². The molecule has 0 aliphatic carbocycles. The van der Waals surface area contributed by atoms with Crippen LogP contribution in [0.3, 0.4) is 0 Å². The average molecular weight is 253 g/mol. The average Bonchev–Trinajstić information content (AvgIpc) is 2.77. The fourth-order valence-electron chi connectivity index (χ4n) is 1.53. The van der Waals surface area contributed by atoms with Crippen molar-refractivity contribution in [2.24, 2.45) is 5.92 Å². The molecule has 0 fully saturated rings. The zero-order valence-electron chi connectivity index (χ0n) is 10.7. The van der Waals surface area contributed by atoms with Gasteiger partial charge in [-0.25, -0.2) is 4.79 Å². The number of carboxylic acids is 1. The summed E-state index contributed by atoms with van der Waals surface area (Å²) in [6.07, 6.45) is 4.18. The lowest BCUT2D eigenvalue weighted by molar-refractivity contribution is 0.0696. The maximum absolute atomic E-state index is 11.6. The summed E-state index contributed by atoms with van der Waals surface area (Å²) in [5.74, 6) is -0.762. The number of furan rings is 1. The maximum atomic E-state index is 11.6. The van der Waals surface area contributed by atoms with Crippen LogP contribution in [0.1, 0.15) is 54.0 Å². The molecule has 0 radical (unpaired) electrons. The van der Waals surface area contributed by atoms with Gasteiger partial charge in [0.2, 0.25) is 0 Å². The normalized spacial score (nSPS) is 10.6. The molecular weight excluding hydrogens is 234 g/mol. The van der Waals surface area contributed by atoms with E-state index < -0.39 is 5.97 Å². The number of rotatable bonds is 7. The summed E-state index contributed by atoms with van der Waals surface area (Å²) in [5.41, 5.74) is -0.0139. The lowest BCUT2D eigenvalue weighted by atomic mass is 10.1. The van der Waals surface area contributed by atoms with E-state index in [0.29, 0.717) is 12.5 Å². The Bertz CT molecular complexity index is 409. The predicted octanol–water partition coefficient (Wildman–Crippen LogP) is 2.53. The van der Waals surface area contributed by atoms with Crippen LogP contribution >= 0.6 is 0 Å². The number of hydrogen-bond donors (Lipinski definition) is 2. The fourth-order valence-corrected chi connectivity index (χ4v) is 1.53. The van der Waals surface area contributed by atoms with Crippen LogP contribution < -0.4 is 5.32 Å². The summed E-state index contributed by atoms with van der Waals surface area (Å²) in [7, 11) is 0. The van der Waals surface area contributed by atoms with Crippen molar-refractivity contribution in [3.8, 4) is 0 Å². The molecule has 18 heavy (non-hydrogen) atoms. The minimum absolute atomic E-state index is 0.0139. The molecule has 0 bridgehead atoms. The number of carbonyl (C=O) groups excluding carboxylic acids is 1. The van der Waals surface area contributed by atoms with Gasteiger partial charge in [0.25, 0.3) is 5.91 Å². The first kappa shape index (κ1) is 14.3. The van der Waals surface area contributed by atoms with Crippen LogP contribution in [-0.2, 0) is 0 Å². The summed E-state index contributed by atoms with van der Waals surface area (Å²) in [5, 5.41) is 11.4. The van der Waals surface area contributed by atoms with E-state index in [1.54, 1.807) is 0 Å². The molecule has 1 rings (SSSR count). The summed E-state index contributed by atoms with van der Waals surface area (Å²) in [6.45, 7) is 4.90. The molecule has 1 aromatic rings. The second-order valence-corrected chi connectivity index (χ2v) is 4.65. The molecular formula is C13H19NO4. The van der Waals surface area contributed by atoms with E-state index in [1.165, 1.54) is 6.07 Å². The van der Waals surface area contributed by atoms with Crippen molar-refractivity contribution in [1.29, 1.82) is 0 Å². The topological polar surface area (TPSA) is 79.5 Å². The van der Waals surface area contributed by atoms with Gasteiger partial charge in [0, 0.05) is 12.6 Å². The van der Waals surface area contributed by atoms with Gasteiger partial charge in [-0.3, -0.25) is 4.79 Å². The Labute approximate surface area is 106 Å². The van der Waals surface area contributed by atoms with Gasteiger partial charge in [-0.2, -0.15) is 0 Å². The Morgan fingerprint density at radius 3 is 2.67 bits per heavy atom. The Balaban J connectivity index is 2.30. The molecule has 100 valence electrons. The van der Waals surface area contributed by atoms with E-state index in [4.69, 9.17) is 9.52 Å². The third-order valence-electron chi connectivity index (χ3n) is 2.56. The fraction of sp³-hybridized carbons (Fsp3) is 0.538. The minimum atomic E-state index is -1.10. The van der Waals surface area contributed by atoms with Crippen molar-refractivity contribution in [3.63, 3.8) is 0 Å². The number of amides is 1. The first-order chi connectivity index (χ1) is 8.50. The van der Waals surface area contributed by atoms with E-state index in [0.717, 1.165) is 25.5 Å². The summed E-state index contributed by atoms with van der Waals surface area (Å²) in [6, 6.07) is 1.23. The molecule has 1 aromatic heterocycles. The largest absolute Gasteiger partial charge is 0.478 e. The lowest BCUT2D eigenvalue weighted by Gasteiger charge is -2.05. The number of aromatic carboxylic acids is 1. The van der Waals surface area contributed by atoms with Crippen LogP contribution in [0.25, 0.3) is 0 Å². The van der Waals surface area contributed by atoms with E-state index in [-0.39, 0.29) is 17.2 Å². The predicted molar refractivity (Wildman–Crippen MR) is 66.7 cm³/mol. The molecule has 1 heterocycles. The van der Waals surface area contributed by atoms with Gasteiger partial charge in [-0.05, 0) is 12.3 Å². The standard InChI is InChI=1S/C13H19NO4/c1-9(2)5-3-4-6-14-12(15)11-7-10(8-18-11)13(16)17/h7-9H,3-6H2,1-2H3,(H,14,15)(H,16,17). The molecule has 1 amide bonds. The molecule has 0 saturated heterocycles. The van der Waals surface area contributed by atoms with Crippen LogP contribution in [0.4, 0.5) is 0 Å². The Hall–Kier alpha value is -1.78. The second-order valence-electron chi connectivity index (χ2n) is 4.65. The third-order valence-corrected chi connectivity index (χ3v) is 2.56. The molecule has 0 saturated carbocycles. The smallest absolute Gasteiger partial charge is 0.338 e. The number of carbonyl (C=O) groups is 2. The molecule has 0 atom stereocenters. The molecule has 0 spiro atoms. The zero-order chi connectivity index (χ0) is 13.5. The highest BCUT2D eigenvalue weighted by Crippen LogP contribution is 2.08.